The van der Waals surface area contributed by atoms with Crippen LogP contribution in [0, 0.1) is 0 Å². The molecule has 0 atom stereocenters. The number of hydrogen-bond acceptors (Lipinski definition) is 5. The van der Waals surface area contributed by atoms with E-state index in [2.05, 4.69) is 50.2 Å². The van der Waals surface area contributed by atoms with E-state index in [1.807, 2.05) is 65.8 Å². The number of nitrogens with one attached hydrogen (secondary N) is 3. The van der Waals surface area contributed by atoms with E-state index < -0.39 is 0 Å². The minimum atomic E-state index is 0.610. The van der Waals surface area contributed by atoms with Crippen molar-refractivity contribution in [2.45, 2.75) is 61.3 Å². The summed E-state index contributed by atoms with van der Waals surface area (Å²) in [6.07, 6.45) is 1.81. The van der Waals surface area contributed by atoms with Gasteiger partial charge in [-0.15, -0.1) is 0 Å². The Balaban J connectivity index is 0.00000171. The van der Waals surface area contributed by atoms with Crippen LogP contribution in [0.1, 0.15) is 66.1 Å². The highest BCUT2D eigenvalue weighted by atomic mass is 15.4. The molecule has 2 aromatic rings. The average Bonchev–Trinajstić information content (AvgIpc) is 2.72. The molecule has 1 aromatic heterocycles. The number of aliphatic imine (C=N–C) groups is 1. The van der Waals surface area contributed by atoms with Crippen LogP contribution in [0.5, 0.6) is 0 Å². The Labute approximate surface area is 171 Å². The summed E-state index contributed by atoms with van der Waals surface area (Å²) in [4.78, 5) is 13.6. The van der Waals surface area contributed by atoms with Gasteiger partial charge in [0, 0.05) is 25.6 Å². The molecule has 0 unspecified atom stereocenters. The van der Waals surface area contributed by atoms with E-state index in [4.69, 9.17) is 0 Å². The number of benzene rings is 1. The Morgan fingerprint density at radius 3 is 2.29 bits per heavy atom. The summed E-state index contributed by atoms with van der Waals surface area (Å²) >= 11 is 0. The Morgan fingerprint density at radius 1 is 1.00 bits per heavy atom. The van der Waals surface area contributed by atoms with Crippen LogP contribution in [0.25, 0.3) is 0 Å². The highest BCUT2D eigenvalue weighted by Crippen LogP contribution is 2.16. The van der Waals surface area contributed by atoms with Gasteiger partial charge in [-0.2, -0.15) is 4.98 Å². The zero-order chi connectivity index (χ0) is 21.2. The van der Waals surface area contributed by atoms with Crippen LogP contribution in [0.2, 0.25) is 0 Å². The topological polar surface area (TPSA) is 74.2 Å². The smallest absolute Gasteiger partial charge is 0.224 e. The highest BCUT2D eigenvalue weighted by molar-refractivity contribution is 5.81. The summed E-state index contributed by atoms with van der Waals surface area (Å²) in [5.41, 5.74) is 8.34. The minimum absolute atomic E-state index is 0.610. The van der Waals surface area contributed by atoms with Crippen molar-refractivity contribution in [2.75, 3.05) is 18.4 Å². The molecule has 6 heteroatoms. The number of anilines is 1. The van der Waals surface area contributed by atoms with Crippen LogP contribution in [0.3, 0.4) is 0 Å². The van der Waals surface area contributed by atoms with Crippen molar-refractivity contribution in [2.24, 2.45) is 4.99 Å². The second-order valence-electron chi connectivity index (χ2n) is 5.48. The minimum Gasteiger partial charge on any atom is -0.354 e. The van der Waals surface area contributed by atoms with Crippen molar-refractivity contribution in [1.82, 2.24) is 20.8 Å². The van der Waals surface area contributed by atoms with E-state index in [0.29, 0.717) is 11.8 Å². The molecular formula is C22H38N6. The maximum Gasteiger partial charge on any atom is 0.224 e. The number of hydrazine groups is 1. The lowest BCUT2D eigenvalue weighted by molar-refractivity contribution is 0.639. The fourth-order valence-corrected chi connectivity index (χ4v) is 2.19. The largest absolute Gasteiger partial charge is 0.354 e. The Kier molecular flexibility index (Phi) is 15.2. The number of nitrogens with zero attached hydrogens (tertiary/aromatic N) is 3. The standard InChI is InChI=1S/C18H26N6.2C2H6/c1-4-11-20-24-14(3)21-17-13-16(22-18(23-17)19-5-2)12-15-9-7-6-8-10-15;2*1-2/h6-10,13,20H,4-5,11-12H2,1-3H3,(H2,19,21,22,23,24);2*1-2H3. The first-order valence-electron chi connectivity index (χ1n) is 10.4. The molecule has 6 nitrogen and oxygen atoms in total. The SMILES string of the molecule is CC.CC.CCCNNC(C)=Nc1cc(Cc2ccccc2)nc(NCC)n1. The van der Waals surface area contributed by atoms with Crippen molar-refractivity contribution >= 4 is 17.6 Å². The molecule has 0 fully saturated rings. The zero-order valence-electron chi connectivity index (χ0n) is 18.6. The van der Waals surface area contributed by atoms with Crippen molar-refractivity contribution in [3.8, 4) is 0 Å². The van der Waals surface area contributed by atoms with Crippen molar-refractivity contribution < 1.29 is 0 Å². The molecule has 3 N–H and O–H groups in total. The van der Waals surface area contributed by atoms with Gasteiger partial charge in [0.05, 0.1) is 5.69 Å². The molecule has 0 spiro atoms. The van der Waals surface area contributed by atoms with Crippen LogP contribution in [-0.2, 0) is 6.42 Å². The number of amidine groups is 1. The van der Waals surface area contributed by atoms with Crippen LogP contribution in [0.4, 0.5) is 11.8 Å². The number of hydrogen-bond donors (Lipinski definition) is 3. The quantitative estimate of drug-likeness (QED) is 0.254. The Hall–Kier alpha value is -2.47. The van der Waals surface area contributed by atoms with Gasteiger partial charge in [0.1, 0.15) is 5.84 Å². The molecule has 0 saturated heterocycles. The first-order chi connectivity index (χ1) is 13.7. The Morgan fingerprint density at radius 2 is 1.68 bits per heavy atom. The van der Waals surface area contributed by atoms with Gasteiger partial charge >= 0.3 is 0 Å². The van der Waals surface area contributed by atoms with E-state index in [-0.39, 0.29) is 0 Å². The first kappa shape index (κ1) is 25.5. The molecule has 0 aliphatic heterocycles. The normalized spacial score (nSPS) is 10.2. The third kappa shape index (κ3) is 10.6. The average molecular weight is 387 g/mol. The van der Waals surface area contributed by atoms with E-state index in [1.54, 1.807) is 0 Å². The molecule has 0 radical (unpaired) electrons. The first-order valence-corrected chi connectivity index (χ1v) is 10.4. The summed E-state index contributed by atoms with van der Waals surface area (Å²) in [5.74, 6) is 2.03. The zero-order valence-corrected chi connectivity index (χ0v) is 18.6. The predicted octanol–water partition coefficient (Wildman–Crippen LogP) is 5.11. The van der Waals surface area contributed by atoms with Crippen molar-refractivity contribution in [3.63, 3.8) is 0 Å². The second-order valence-corrected chi connectivity index (χ2v) is 5.48. The summed E-state index contributed by atoms with van der Waals surface area (Å²) in [6, 6.07) is 12.2. The monoisotopic (exact) mass is 386 g/mol. The van der Waals surface area contributed by atoms with Gasteiger partial charge in [-0.3, -0.25) is 0 Å². The molecule has 1 heterocycles. The molecule has 0 aliphatic rings. The molecule has 0 bridgehead atoms. The summed E-state index contributed by atoms with van der Waals surface area (Å²) in [5, 5.41) is 3.17. The van der Waals surface area contributed by atoms with Crippen LogP contribution in [0.15, 0.2) is 41.4 Å². The summed E-state index contributed by atoms with van der Waals surface area (Å²) in [7, 11) is 0. The highest BCUT2D eigenvalue weighted by Gasteiger charge is 2.05. The third-order valence-corrected chi connectivity index (χ3v) is 3.26. The lowest BCUT2D eigenvalue weighted by atomic mass is 10.1. The number of aromatic nitrogens is 2. The predicted molar refractivity (Wildman–Crippen MR) is 122 cm³/mol. The maximum atomic E-state index is 4.57. The van der Waals surface area contributed by atoms with E-state index in [1.165, 1.54) is 5.56 Å². The third-order valence-electron chi connectivity index (χ3n) is 3.26. The fraction of sp³-hybridized carbons (Fsp3) is 0.500. The lowest BCUT2D eigenvalue weighted by Gasteiger charge is -2.09. The number of rotatable bonds is 8. The van der Waals surface area contributed by atoms with Gasteiger partial charge in [-0.1, -0.05) is 65.0 Å². The molecule has 1 aromatic carbocycles. The Bertz CT molecular complexity index is 655. The van der Waals surface area contributed by atoms with Gasteiger partial charge in [-0.05, 0) is 25.8 Å². The summed E-state index contributed by atoms with van der Waals surface area (Å²) in [6.45, 7) is 15.7. The molecule has 2 rings (SSSR count). The van der Waals surface area contributed by atoms with Crippen molar-refractivity contribution in [1.29, 1.82) is 0 Å². The second kappa shape index (κ2) is 16.7. The van der Waals surface area contributed by atoms with Gasteiger partial charge < -0.3 is 10.7 Å². The van der Waals surface area contributed by atoms with Crippen LogP contribution < -0.4 is 16.2 Å². The van der Waals surface area contributed by atoms with Gasteiger partial charge in [0.2, 0.25) is 5.95 Å². The van der Waals surface area contributed by atoms with Crippen molar-refractivity contribution in [3.05, 3.63) is 47.7 Å². The molecular weight excluding hydrogens is 348 g/mol. The van der Waals surface area contributed by atoms with Crippen LogP contribution in [-0.4, -0.2) is 28.9 Å². The molecule has 0 aliphatic carbocycles. The van der Waals surface area contributed by atoms with Gasteiger partial charge in [0.15, 0.2) is 5.82 Å². The fourth-order valence-electron chi connectivity index (χ4n) is 2.19. The molecule has 28 heavy (non-hydrogen) atoms. The van der Waals surface area contributed by atoms with E-state index >= 15 is 0 Å². The van der Waals surface area contributed by atoms with Crippen LogP contribution >= 0.6 is 0 Å². The lowest BCUT2D eigenvalue weighted by Crippen LogP contribution is -2.36. The van der Waals surface area contributed by atoms with Gasteiger partial charge in [-0.25, -0.2) is 15.4 Å². The maximum absolute atomic E-state index is 4.57. The van der Waals surface area contributed by atoms with Gasteiger partial charge in [0.25, 0.3) is 0 Å². The van der Waals surface area contributed by atoms with E-state index in [9.17, 15) is 0 Å². The molecule has 156 valence electrons. The van der Waals surface area contributed by atoms with E-state index in [0.717, 1.165) is 37.5 Å². The summed E-state index contributed by atoms with van der Waals surface area (Å²) < 4.78 is 0. The molecule has 0 amide bonds. The molecule has 0 saturated carbocycles.